The molecule has 1 amide bonds. The quantitative estimate of drug-likeness (QED) is 0.356. The van der Waals surface area contributed by atoms with Crippen LogP contribution in [0, 0.1) is 6.92 Å². The molecular formula is C22H17NO3. The minimum absolute atomic E-state index is 0.0362. The van der Waals surface area contributed by atoms with Crippen LogP contribution < -0.4 is 5.32 Å². The number of nitrogens with one attached hydrogen (secondary N) is 1. The van der Waals surface area contributed by atoms with Gasteiger partial charge in [-0.05, 0) is 24.6 Å². The Labute approximate surface area is 150 Å². The van der Waals surface area contributed by atoms with Crippen LogP contribution in [0.15, 0.2) is 66.7 Å². The Morgan fingerprint density at radius 2 is 1.38 bits per heavy atom. The molecule has 26 heavy (non-hydrogen) atoms. The van der Waals surface area contributed by atoms with Crippen molar-refractivity contribution < 1.29 is 15.0 Å². The molecule has 0 aromatic heterocycles. The maximum absolute atomic E-state index is 12.7. The van der Waals surface area contributed by atoms with E-state index in [9.17, 15) is 15.0 Å². The van der Waals surface area contributed by atoms with Crippen LogP contribution in [0.3, 0.4) is 0 Å². The number of hydrogen-bond acceptors (Lipinski definition) is 3. The summed E-state index contributed by atoms with van der Waals surface area (Å²) in [6.45, 7) is 1.87. The summed E-state index contributed by atoms with van der Waals surface area (Å²) in [5, 5.41) is 26.3. The number of carbonyl (C=O) groups excluding carboxylic acids is 1. The Kier molecular flexibility index (Phi) is 3.73. The summed E-state index contributed by atoms with van der Waals surface area (Å²) in [5.41, 5.74) is 1.88. The molecule has 0 bridgehead atoms. The number of phenols is 2. The monoisotopic (exact) mass is 343 g/mol. The summed E-state index contributed by atoms with van der Waals surface area (Å²) >= 11 is 0. The summed E-state index contributed by atoms with van der Waals surface area (Å²) in [7, 11) is 0. The standard InChI is InChI=1S/C22H17NO3/c1-13-7-2-3-8-14(13)22(26)23-18-12-6-11-17-19(18)21(25)16-10-5-4-9-15(16)20(17)24/h2-12,24-25H,1H3,(H,23,26). The van der Waals surface area contributed by atoms with Crippen LogP contribution in [0.2, 0.25) is 0 Å². The zero-order valence-electron chi connectivity index (χ0n) is 14.2. The van der Waals surface area contributed by atoms with Gasteiger partial charge in [0.1, 0.15) is 11.5 Å². The van der Waals surface area contributed by atoms with Crippen LogP contribution in [0.25, 0.3) is 21.5 Å². The molecule has 0 unspecified atom stereocenters. The molecule has 4 aromatic carbocycles. The van der Waals surface area contributed by atoms with E-state index < -0.39 is 0 Å². The first kappa shape index (κ1) is 16.0. The van der Waals surface area contributed by atoms with Gasteiger partial charge in [0.25, 0.3) is 5.91 Å². The minimum Gasteiger partial charge on any atom is -0.507 e. The molecular weight excluding hydrogens is 326 g/mol. The smallest absolute Gasteiger partial charge is 0.255 e. The Morgan fingerprint density at radius 1 is 0.769 bits per heavy atom. The largest absolute Gasteiger partial charge is 0.507 e. The van der Waals surface area contributed by atoms with Crippen molar-refractivity contribution in [2.45, 2.75) is 6.92 Å². The van der Waals surface area contributed by atoms with Gasteiger partial charge >= 0.3 is 0 Å². The van der Waals surface area contributed by atoms with Crippen molar-refractivity contribution in [2.24, 2.45) is 0 Å². The number of benzene rings is 4. The van der Waals surface area contributed by atoms with Crippen LogP contribution in [0.5, 0.6) is 11.5 Å². The van der Waals surface area contributed by atoms with Crippen molar-refractivity contribution >= 4 is 33.1 Å². The molecule has 0 aliphatic rings. The van der Waals surface area contributed by atoms with Gasteiger partial charge in [-0.25, -0.2) is 0 Å². The SMILES string of the molecule is Cc1ccccc1C(=O)Nc1cccc2c(O)c3ccccc3c(O)c12. The number of aromatic hydroxyl groups is 2. The first-order chi connectivity index (χ1) is 12.6. The third-order valence-corrected chi connectivity index (χ3v) is 4.63. The number of fused-ring (bicyclic) bond motifs is 2. The summed E-state index contributed by atoms with van der Waals surface area (Å²) < 4.78 is 0. The molecule has 0 aliphatic heterocycles. The molecule has 128 valence electrons. The maximum atomic E-state index is 12.7. The second kappa shape index (κ2) is 6.08. The molecule has 0 radical (unpaired) electrons. The van der Waals surface area contributed by atoms with Gasteiger partial charge in [0.05, 0.1) is 11.1 Å². The molecule has 3 N–H and O–H groups in total. The van der Waals surface area contributed by atoms with Crippen molar-refractivity contribution in [3.05, 3.63) is 77.9 Å². The number of phenolic OH excluding ortho intramolecular Hbond substituents is 2. The molecule has 4 heteroatoms. The average Bonchev–Trinajstić information content (AvgIpc) is 2.66. The molecule has 0 spiro atoms. The average molecular weight is 343 g/mol. The highest BCUT2D eigenvalue weighted by Crippen LogP contribution is 2.44. The van der Waals surface area contributed by atoms with Gasteiger partial charge in [-0.15, -0.1) is 0 Å². The lowest BCUT2D eigenvalue weighted by Gasteiger charge is -2.14. The highest BCUT2D eigenvalue weighted by molar-refractivity contribution is 6.17. The third-order valence-electron chi connectivity index (χ3n) is 4.63. The van der Waals surface area contributed by atoms with E-state index in [1.165, 1.54) is 0 Å². The van der Waals surface area contributed by atoms with E-state index in [2.05, 4.69) is 5.32 Å². The molecule has 0 fully saturated rings. The zero-order chi connectivity index (χ0) is 18.3. The zero-order valence-corrected chi connectivity index (χ0v) is 14.2. The van der Waals surface area contributed by atoms with Gasteiger partial charge < -0.3 is 15.5 Å². The highest BCUT2D eigenvalue weighted by Gasteiger charge is 2.17. The summed E-state index contributed by atoms with van der Waals surface area (Å²) in [4.78, 5) is 12.7. The summed E-state index contributed by atoms with van der Waals surface area (Å²) in [6, 6.07) is 19.6. The molecule has 4 rings (SSSR count). The molecule has 0 aliphatic carbocycles. The lowest BCUT2D eigenvalue weighted by atomic mass is 9.99. The van der Waals surface area contributed by atoms with E-state index in [-0.39, 0.29) is 17.4 Å². The molecule has 0 atom stereocenters. The normalized spacial score (nSPS) is 11.0. The van der Waals surface area contributed by atoms with Crippen LogP contribution >= 0.6 is 0 Å². The Bertz CT molecular complexity index is 1160. The maximum Gasteiger partial charge on any atom is 0.255 e. The van der Waals surface area contributed by atoms with E-state index in [0.29, 0.717) is 32.8 Å². The Morgan fingerprint density at radius 3 is 2.12 bits per heavy atom. The summed E-state index contributed by atoms with van der Waals surface area (Å²) in [5.74, 6) is -0.142. The van der Waals surface area contributed by atoms with E-state index in [1.54, 1.807) is 48.5 Å². The van der Waals surface area contributed by atoms with Crippen molar-refractivity contribution in [3.8, 4) is 11.5 Å². The second-order valence-corrected chi connectivity index (χ2v) is 6.24. The Balaban J connectivity index is 1.91. The predicted molar refractivity (Wildman–Crippen MR) is 104 cm³/mol. The third kappa shape index (κ3) is 2.43. The topological polar surface area (TPSA) is 69.6 Å². The number of carbonyl (C=O) groups is 1. The molecule has 0 saturated carbocycles. The van der Waals surface area contributed by atoms with Gasteiger partial charge in [0.15, 0.2) is 0 Å². The van der Waals surface area contributed by atoms with E-state index in [4.69, 9.17) is 0 Å². The fourth-order valence-corrected chi connectivity index (χ4v) is 3.30. The van der Waals surface area contributed by atoms with E-state index in [1.807, 2.05) is 25.1 Å². The molecule has 4 nitrogen and oxygen atoms in total. The Hall–Kier alpha value is -3.53. The second-order valence-electron chi connectivity index (χ2n) is 6.24. The fraction of sp³-hybridized carbons (Fsp3) is 0.0455. The van der Waals surface area contributed by atoms with Gasteiger partial charge in [-0.3, -0.25) is 4.79 Å². The van der Waals surface area contributed by atoms with E-state index in [0.717, 1.165) is 5.56 Å². The van der Waals surface area contributed by atoms with Gasteiger partial charge in [-0.1, -0.05) is 54.6 Å². The van der Waals surface area contributed by atoms with Crippen molar-refractivity contribution in [3.63, 3.8) is 0 Å². The number of amides is 1. The van der Waals surface area contributed by atoms with Crippen LogP contribution in [-0.2, 0) is 0 Å². The van der Waals surface area contributed by atoms with Crippen LogP contribution in [0.1, 0.15) is 15.9 Å². The predicted octanol–water partition coefficient (Wildman–Crippen LogP) is 4.96. The number of hydrogen-bond donors (Lipinski definition) is 3. The highest BCUT2D eigenvalue weighted by atomic mass is 16.3. The fourth-order valence-electron chi connectivity index (χ4n) is 3.30. The van der Waals surface area contributed by atoms with Crippen molar-refractivity contribution in [1.82, 2.24) is 0 Å². The minimum atomic E-state index is -0.261. The van der Waals surface area contributed by atoms with Crippen LogP contribution in [-0.4, -0.2) is 16.1 Å². The summed E-state index contributed by atoms with van der Waals surface area (Å²) in [6.07, 6.45) is 0. The first-order valence-corrected chi connectivity index (χ1v) is 8.30. The molecule has 0 heterocycles. The molecule has 4 aromatic rings. The molecule has 0 saturated heterocycles. The van der Waals surface area contributed by atoms with Gasteiger partial charge in [0, 0.05) is 21.7 Å². The van der Waals surface area contributed by atoms with E-state index >= 15 is 0 Å². The number of aryl methyl sites for hydroxylation is 1. The number of anilines is 1. The first-order valence-electron chi connectivity index (χ1n) is 8.30. The lowest BCUT2D eigenvalue weighted by Crippen LogP contribution is -2.13. The van der Waals surface area contributed by atoms with Crippen LogP contribution in [0.4, 0.5) is 5.69 Å². The van der Waals surface area contributed by atoms with Crippen molar-refractivity contribution in [1.29, 1.82) is 0 Å². The number of rotatable bonds is 2. The van der Waals surface area contributed by atoms with Crippen molar-refractivity contribution in [2.75, 3.05) is 5.32 Å². The lowest BCUT2D eigenvalue weighted by molar-refractivity contribution is 0.102. The van der Waals surface area contributed by atoms with Gasteiger partial charge in [0.2, 0.25) is 0 Å². The van der Waals surface area contributed by atoms with Gasteiger partial charge in [-0.2, -0.15) is 0 Å².